The number of carbonyl (C=O) groups excluding carboxylic acids is 2. The first-order valence-corrected chi connectivity index (χ1v) is 15.6. The van der Waals surface area contributed by atoms with Crippen LogP contribution >= 0.6 is 0 Å². The van der Waals surface area contributed by atoms with Crippen molar-refractivity contribution >= 4 is 33.2 Å². The molecule has 1 aliphatic carbocycles. The second-order valence-electron chi connectivity index (χ2n) is 10.4. The van der Waals surface area contributed by atoms with Gasteiger partial charge in [0, 0.05) is 24.7 Å². The minimum atomic E-state index is -4.30. The molecule has 3 aromatic rings. The van der Waals surface area contributed by atoms with Gasteiger partial charge in [-0.25, -0.2) is 8.42 Å². The molecule has 1 atom stereocenters. The van der Waals surface area contributed by atoms with Gasteiger partial charge in [-0.05, 0) is 49.9 Å². The van der Waals surface area contributed by atoms with Gasteiger partial charge in [0.15, 0.2) is 0 Å². The standard InChI is InChI=1S/C31H36N4O6S/c1-24(31(37)32-26-14-7-3-8-15-26)33(21-20-25-12-5-2-6-13-25)30(36)23-34(27-16-11-17-28(22-27)35(38)39)42(40,41)29-18-9-4-10-19-29/h2,4-6,9-13,16-19,22,24,26H,3,7-8,14-15,20-21,23H2,1H3,(H,32,37)/t24-/m0/s1. The van der Waals surface area contributed by atoms with Gasteiger partial charge >= 0.3 is 0 Å². The van der Waals surface area contributed by atoms with Crippen molar-refractivity contribution in [2.45, 2.75) is 62.4 Å². The molecule has 0 unspecified atom stereocenters. The van der Waals surface area contributed by atoms with Gasteiger partial charge in [0.1, 0.15) is 12.6 Å². The van der Waals surface area contributed by atoms with Crippen LogP contribution in [0.1, 0.15) is 44.6 Å². The van der Waals surface area contributed by atoms with Crippen LogP contribution in [0.25, 0.3) is 0 Å². The molecule has 1 saturated carbocycles. The number of benzene rings is 3. The van der Waals surface area contributed by atoms with E-state index in [4.69, 9.17) is 0 Å². The number of nitro benzene ring substituents is 1. The van der Waals surface area contributed by atoms with E-state index in [1.165, 1.54) is 35.2 Å². The summed E-state index contributed by atoms with van der Waals surface area (Å²) >= 11 is 0. The predicted octanol–water partition coefficient (Wildman–Crippen LogP) is 4.70. The van der Waals surface area contributed by atoms with Crippen molar-refractivity contribution in [3.63, 3.8) is 0 Å². The molecule has 222 valence electrons. The summed E-state index contributed by atoms with van der Waals surface area (Å²) in [6.45, 7) is 1.18. The maximum absolute atomic E-state index is 14.0. The van der Waals surface area contributed by atoms with Crippen LogP contribution in [0.2, 0.25) is 0 Å². The van der Waals surface area contributed by atoms with E-state index in [2.05, 4.69) is 5.32 Å². The molecule has 0 heterocycles. The van der Waals surface area contributed by atoms with Gasteiger partial charge in [-0.3, -0.25) is 24.0 Å². The van der Waals surface area contributed by atoms with E-state index < -0.39 is 33.4 Å². The van der Waals surface area contributed by atoms with Gasteiger partial charge < -0.3 is 10.2 Å². The van der Waals surface area contributed by atoms with Crippen molar-refractivity contribution in [3.8, 4) is 0 Å². The molecule has 11 heteroatoms. The van der Waals surface area contributed by atoms with Crippen molar-refractivity contribution in [1.29, 1.82) is 0 Å². The number of anilines is 1. The SMILES string of the molecule is C[C@@H](C(=O)NC1CCCCC1)N(CCc1ccccc1)C(=O)CN(c1cccc([N+](=O)[O-])c1)S(=O)(=O)c1ccccc1. The second-order valence-corrected chi connectivity index (χ2v) is 12.3. The Morgan fingerprint density at radius 1 is 0.952 bits per heavy atom. The molecule has 0 aliphatic heterocycles. The average molecular weight is 593 g/mol. The van der Waals surface area contributed by atoms with Crippen LogP contribution in [-0.2, 0) is 26.0 Å². The largest absolute Gasteiger partial charge is 0.352 e. The molecule has 10 nitrogen and oxygen atoms in total. The molecular weight excluding hydrogens is 556 g/mol. The van der Waals surface area contributed by atoms with E-state index in [0.717, 1.165) is 48.0 Å². The lowest BCUT2D eigenvalue weighted by Gasteiger charge is -2.33. The molecule has 0 radical (unpaired) electrons. The Balaban J connectivity index is 1.66. The molecule has 1 fully saturated rings. The minimum Gasteiger partial charge on any atom is -0.352 e. The Hall–Kier alpha value is -4.25. The fourth-order valence-corrected chi connectivity index (χ4v) is 6.58. The molecule has 0 saturated heterocycles. The summed E-state index contributed by atoms with van der Waals surface area (Å²) in [6.07, 6.45) is 5.42. The van der Waals surface area contributed by atoms with Gasteiger partial charge in [-0.15, -0.1) is 0 Å². The number of hydrogen-bond donors (Lipinski definition) is 1. The van der Waals surface area contributed by atoms with Crippen LogP contribution < -0.4 is 9.62 Å². The monoisotopic (exact) mass is 592 g/mol. The highest BCUT2D eigenvalue weighted by Crippen LogP contribution is 2.27. The van der Waals surface area contributed by atoms with Crippen molar-refractivity contribution in [3.05, 3.63) is 101 Å². The number of non-ortho nitro benzene ring substituents is 1. The molecule has 0 aromatic heterocycles. The lowest BCUT2D eigenvalue weighted by Crippen LogP contribution is -2.53. The summed E-state index contributed by atoms with van der Waals surface area (Å²) in [7, 11) is -4.30. The molecule has 42 heavy (non-hydrogen) atoms. The second kappa shape index (κ2) is 14.1. The molecule has 0 bridgehead atoms. The Morgan fingerprint density at radius 3 is 2.24 bits per heavy atom. The molecule has 3 aromatic carbocycles. The Kier molecular flexibility index (Phi) is 10.3. The Labute approximate surface area is 246 Å². The van der Waals surface area contributed by atoms with Gasteiger partial charge in [0.2, 0.25) is 11.8 Å². The van der Waals surface area contributed by atoms with Crippen molar-refractivity contribution in [2.75, 3.05) is 17.4 Å². The minimum absolute atomic E-state index is 0.0243. The maximum atomic E-state index is 14.0. The van der Waals surface area contributed by atoms with Gasteiger partial charge in [-0.1, -0.05) is 73.9 Å². The molecule has 4 rings (SSSR count). The van der Waals surface area contributed by atoms with Crippen molar-refractivity contribution in [2.24, 2.45) is 0 Å². The van der Waals surface area contributed by atoms with Gasteiger partial charge in [0.05, 0.1) is 15.5 Å². The van der Waals surface area contributed by atoms with Crippen LogP contribution in [0.3, 0.4) is 0 Å². The maximum Gasteiger partial charge on any atom is 0.271 e. The summed E-state index contributed by atoms with van der Waals surface area (Å²) in [5.41, 5.74) is 0.626. The summed E-state index contributed by atoms with van der Waals surface area (Å²) < 4.78 is 28.5. The highest BCUT2D eigenvalue weighted by atomic mass is 32.2. The molecule has 0 spiro atoms. The first kappa shape index (κ1) is 30.7. The lowest BCUT2D eigenvalue weighted by atomic mass is 9.95. The first-order chi connectivity index (χ1) is 20.2. The molecular formula is C31H36N4O6S. The number of nitrogens with one attached hydrogen (secondary N) is 1. The van der Waals surface area contributed by atoms with E-state index in [1.807, 2.05) is 30.3 Å². The van der Waals surface area contributed by atoms with Crippen LogP contribution in [-0.4, -0.2) is 55.2 Å². The van der Waals surface area contributed by atoms with Crippen molar-refractivity contribution < 1.29 is 22.9 Å². The zero-order chi connectivity index (χ0) is 30.1. The summed E-state index contributed by atoms with van der Waals surface area (Å²) in [6, 6.07) is 21.4. The summed E-state index contributed by atoms with van der Waals surface area (Å²) in [4.78, 5) is 39.5. The number of rotatable bonds is 12. The zero-order valence-electron chi connectivity index (χ0n) is 23.6. The van der Waals surface area contributed by atoms with Gasteiger partial charge in [-0.2, -0.15) is 0 Å². The average Bonchev–Trinajstić information content (AvgIpc) is 3.01. The van der Waals surface area contributed by atoms with Crippen LogP contribution in [0.5, 0.6) is 0 Å². The van der Waals surface area contributed by atoms with E-state index in [0.29, 0.717) is 6.42 Å². The fourth-order valence-electron chi connectivity index (χ4n) is 5.15. The van der Waals surface area contributed by atoms with E-state index in [9.17, 15) is 28.1 Å². The van der Waals surface area contributed by atoms with Crippen LogP contribution in [0.15, 0.2) is 89.8 Å². The van der Waals surface area contributed by atoms with E-state index in [-0.39, 0.29) is 34.8 Å². The highest BCUT2D eigenvalue weighted by Gasteiger charge is 2.33. The Morgan fingerprint density at radius 2 is 1.60 bits per heavy atom. The van der Waals surface area contributed by atoms with E-state index in [1.54, 1.807) is 25.1 Å². The number of hydrogen-bond acceptors (Lipinski definition) is 6. The molecule has 1 aliphatic rings. The molecule has 2 amide bonds. The number of nitro groups is 1. The first-order valence-electron chi connectivity index (χ1n) is 14.1. The summed E-state index contributed by atoms with van der Waals surface area (Å²) in [5, 5.41) is 14.6. The quantitative estimate of drug-likeness (QED) is 0.240. The third-order valence-electron chi connectivity index (χ3n) is 7.54. The number of carbonyl (C=O) groups is 2. The van der Waals surface area contributed by atoms with Crippen LogP contribution in [0, 0.1) is 10.1 Å². The fraction of sp³-hybridized carbons (Fsp3) is 0.355. The number of amides is 2. The Bertz CT molecular complexity index is 1480. The lowest BCUT2D eigenvalue weighted by molar-refractivity contribution is -0.384. The number of nitrogens with zero attached hydrogens (tertiary/aromatic N) is 3. The normalized spacial score (nSPS) is 14.5. The third kappa shape index (κ3) is 7.73. The summed E-state index contributed by atoms with van der Waals surface area (Å²) in [5.74, 6) is -0.889. The molecule has 1 N–H and O–H groups in total. The number of sulfonamides is 1. The van der Waals surface area contributed by atoms with E-state index >= 15 is 0 Å². The smallest absolute Gasteiger partial charge is 0.271 e. The van der Waals surface area contributed by atoms with Gasteiger partial charge in [0.25, 0.3) is 15.7 Å². The predicted molar refractivity (Wildman–Crippen MR) is 160 cm³/mol. The highest BCUT2D eigenvalue weighted by molar-refractivity contribution is 7.92. The third-order valence-corrected chi connectivity index (χ3v) is 9.33. The van der Waals surface area contributed by atoms with Crippen molar-refractivity contribution in [1.82, 2.24) is 10.2 Å². The van der Waals surface area contributed by atoms with Crippen LogP contribution in [0.4, 0.5) is 11.4 Å². The topological polar surface area (TPSA) is 130 Å². The zero-order valence-corrected chi connectivity index (χ0v) is 24.4.